The van der Waals surface area contributed by atoms with Gasteiger partial charge in [-0.15, -0.1) is 0 Å². The molecule has 2 saturated heterocycles. The van der Waals surface area contributed by atoms with Crippen LogP contribution in [-0.2, 0) is 9.53 Å². The van der Waals surface area contributed by atoms with Crippen LogP contribution in [0, 0.1) is 5.92 Å². The quantitative estimate of drug-likeness (QED) is 0.487. The fourth-order valence-corrected chi connectivity index (χ4v) is 6.19. The van der Waals surface area contributed by atoms with E-state index in [1.807, 2.05) is 13.8 Å². The highest BCUT2D eigenvalue weighted by Gasteiger charge is 2.53. The number of carboxylic acid groups (broad SMARTS) is 1. The monoisotopic (exact) mass is 559 g/mol. The molecule has 1 aromatic carbocycles. The van der Waals surface area contributed by atoms with E-state index in [4.69, 9.17) is 13.9 Å². The molecule has 5 bridgehead atoms. The summed E-state index contributed by atoms with van der Waals surface area (Å²) in [5.74, 6) is -0.101. The fourth-order valence-electron chi connectivity index (χ4n) is 6.19. The third-order valence-corrected chi connectivity index (χ3v) is 8.36. The maximum absolute atomic E-state index is 13.7. The van der Waals surface area contributed by atoms with Crippen LogP contribution in [0.25, 0.3) is 11.0 Å². The van der Waals surface area contributed by atoms with Crippen molar-refractivity contribution in [3.63, 3.8) is 0 Å². The molecule has 1 spiro atoms. The first-order valence-electron chi connectivity index (χ1n) is 14.1. The number of morpholine rings is 1. The van der Waals surface area contributed by atoms with Crippen LogP contribution in [0.5, 0.6) is 5.75 Å². The number of ether oxygens (including phenoxy) is 2. The van der Waals surface area contributed by atoms with Crippen LogP contribution in [-0.4, -0.2) is 107 Å². The van der Waals surface area contributed by atoms with Crippen LogP contribution in [0.15, 0.2) is 28.7 Å². The number of nitrogens with zero attached hydrogens (tertiary/aromatic N) is 3. The zero-order chi connectivity index (χ0) is 28.4. The van der Waals surface area contributed by atoms with Gasteiger partial charge in [0.1, 0.15) is 43.7 Å². The molecule has 4 heterocycles. The molecular weight excluding hydrogens is 520 g/mol. The number of quaternary nitrogens is 1. The number of carbonyl (C=O) groups excluding carboxylic acids is 2. The molecule has 5 rings (SSSR count). The van der Waals surface area contributed by atoms with Crippen LogP contribution in [0.3, 0.4) is 0 Å². The minimum atomic E-state index is -1.28. The Bertz CT molecular complexity index is 1240. The minimum Gasteiger partial charge on any atom is -0.488 e. The predicted molar refractivity (Wildman–Crippen MR) is 143 cm³/mol. The summed E-state index contributed by atoms with van der Waals surface area (Å²) in [6, 6.07) is 6.02. The highest BCUT2D eigenvalue weighted by molar-refractivity contribution is 5.97. The molecule has 218 valence electrons. The van der Waals surface area contributed by atoms with Crippen LogP contribution >= 0.6 is 0 Å². The number of rotatable bonds is 3. The van der Waals surface area contributed by atoms with Gasteiger partial charge in [-0.1, -0.05) is 13.8 Å². The molecule has 3 aliphatic rings. The number of aliphatic hydroxyl groups excluding tert-OH is 1. The molecule has 3 N–H and O–H groups in total. The Kier molecular flexibility index (Phi) is 8.20. The van der Waals surface area contributed by atoms with E-state index in [9.17, 15) is 24.6 Å². The first-order valence-corrected chi connectivity index (χ1v) is 14.1. The largest absolute Gasteiger partial charge is 0.488 e. The van der Waals surface area contributed by atoms with Crippen molar-refractivity contribution < 1.29 is 43.0 Å². The molecule has 12 nitrogen and oxygen atoms in total. The molecule has 1 aromatic heterocycles. The summed E-state index contributed by atoms with van der Waals surface area (Å²) in [4.78, 5) is 41.0. The number of hydrazine groups is 1. The lowest BCUT2D eigenvalue weighted by atomic mass is 10.00. The number of aliphatic hydroxyl groups is 1. The Morgan fingerprint density at radius 2 is 1.90 bits per heavy atom. The summed E-state index contributed by atoms with van der Waals surface area (Å²) in [6.07, 6.45) is -1.82. The average molecular weight is 560 g/mol. The van der Waals surface area contributed by atoms with E-state index >= 15 is 0 Å². The first-order chi connectivity index (χ1) is 19.2. The Balaban J connectivity index is 1.62. The van der Waals surface area contributed by atoms with Crippen molar-refractivity contribution in [2.24, 2.45) is 5.92 Å². The Morgan fingerprint density at radius 3 is 2.62 bits per heavy atom. The lowest BCUT2D eigenvalue weighted by Crippen LogP contribution is -2.73. The van der Waals surface area contributed by atoms with Crippen molar-refractivity contribution in [1.29, 1.82) is 0 Å². The van der Waals surface area contributed by atoms with Crippen molar-refractivity contribution in [1.82, 2.24) is 15.3 Å². The first kappa shape index (κ1) is 28.2. The number of carbonyl (C=O) groups is 3. The van der Waals surface area contributed by atoms with Gasteiger partial charge in [-0.25, -0.2) is 9.80 Å². The van der Waals surface area contributed by atoms with Crippen LogP contribution in [0.1, 0.15) is 50.1 Å². The molecule has 2 unspecified atom stereocenters. The van der Waals surface area contributed by atoms with Gasteiger partial charge in [0.15, 0.2) is 11.9 Å². The lowest BCUT2D eigenvalue weighted by molar-refractivity contribution is -0.970. The molecular formula is C28H39N4O8+. The number of hydrogen-bond donors (Lipinski definition) is 3. The van der Waals surface area contributed by atoms with E-state index in [1.54, 1.807) is 24.3 Å². The molecule has 3 aliphatic heterocycles. The minimum absolute atomic E-state index is 0.0205. The summed E-state index contributed by atoms with van der Waals surface area (Å²) < 4.78 is 17.8. The number of furan rings is 1. The van der Waals surface area contributed by atoms with Gasteiger partial charge in [0.05, 0.1) is 19.3 Å². The normalized spacial score (nSPS) is 25.4. The molecule has 0 radical (unpaired) electrons. The van der Waals surface area contributed by atoms with Crippen molar-refractivity contribution in [2.75, 3.05) is 46.0 Å². The van der Waals surface area contributed by atoms with E-state index in [1.165, 1.54) is 9.91 Å². The molecule has 0 aliphatic carbocycles. The second kappa shape index (κ2) is 11.6. The van der Waals surface area contributed by atoms with E-state index in [0.29, 0.717) is 68.8 Å². The van der Waals surface area contributed by atoms with Crippen molar-refractivity contribution >= 4 is 28.9 Å². The summed E-state index contributed by atoms with van der Waals surface area (Å²) in [5.41, 5.74) is 3.24. The summed E-state index contributed by atoms with van der Waals surface area (Å²) in [6.45, 7) is 6.65. The second-order valence-corrected chi connectivity index (χ2v) is 11.4. The third kappa shape index (κ3) is 5.61. The van der Waals surface area contributed by atoms with Crippen molar-refractivity contribution in [2.45, 2.75) is 57.8 Å². The van der Waals surface area contributed by atoms with Gasteiger partial charge < -0.3 is 24.1 Å². The molecule has 40 heavy (non-hydrogen) atoms. The van der Waals surface area contributed by atoms with Gasteiger partial charge in [0, 0.05) is 18.4 Å². The van der Waals surface area contributed by atoms with Crippen molar-refractivity contribution in [3.05, 3.63) is 30.0 Å². The zero-order valence-electron chi connectivity index (χ0n) is 23.1. The lowest BCUT2D eigenvalue weighted by Gasteiger charge is -2.51. The number of amides is 3. The molecule has 12 heteroatoms. The number of fused-ring (bicyclic) bond motifs is 5. The van der Waals surface area contributed by atoms with Gasteiger partial charge >= 0.3 is 12.0 Å². The van der Waals surface area contributed by atoms with Crippen molar-refractivity contribution in [3.8, 4) is 5.75 Å². The van der Waals surface area contributed by atoms with Gasteiger partial charge in [0.25, 0.3) is 0 Å². The van der Waals surface area contributed by atoms with E-state index < -0.39 is 30.3 Å². The summed E-state index contributed by atoms with van der Waals surface area (Å²) in [7, 11) is 0. The predicted octanol–water partition coefficient (Wildman–Crippen LogP) is 2.41. The van der Waals surface area contributed by atoms with Crippen LogP contribution in [0.2, 0.25) is 0 Å². The topological polar surface area (TPSA) is 142 Å². The van der Waals surface area contributed by atoms with Gasteiger partial charge in [0.2, 0.25) is 5.91 Å². The molecule has 0 saturated carbocycles. The zero-order valence-corrected chi connectivity index (χ0v) is 23.1. The SMILES string of the molecule is CC(C)CCC(=O)N1NC(=O)c2cc3cc(ccc3o2)OCC[N+]2(CCOCC2)C2[C@@H](O)C1CCCN2C(=O)O. The number of nitrogens with one attached hydrogen (secondary N) is 1. The Morgan fingerprint density at radius 1 is 1.15 bits per heavy atom. The van der Waals surface area contributed by atoms with Gasteiger partial charge in [-0.3, -0.25) is 24.4 Å². The maximum atomic E-state index is 13.7. The van der Waals surface area contributed by atoms with Gasteiger partial charge in [-0.05, 0) is 49.4 Å². The third-order valence-electron chi connectivity index (χ3n) is 8.36. The van der Waals surface area contributed by atoms with Crippen LogP contribution in [0.4, 0.5) is 4.79 Å². The standard InChI is InChI=1S/C28H38N4O8/c1-18(2)5-8-24(33)31-21-4-3-9-30(28(36)37)27(25(21)34)32(10-13-38-14-11-32)12-15-39-20-6-7-22-19(16-20)17-23(40-22)26(35)29-31/h6-7,16-18,21,25,27,34H,3-5,8-15H2,1-2H3,(H-,29,35,36,37)/p+1/t21?,25-,27?/m0/s1. The smallest absolute Gasteiger partial charge is 0.411 e. The van der Waals surface area contributed by atoms with Crippen LogP contribution < -0.4 is 10.2 Å². The average Bonchev–Trinajstić information content (AvgIpc) is 3.27. The number of benzene rings is 1. The van der Waals surface area contributed by atoms with E-state index in [0.717, 1.165) is 0 Å². The number of hydrogen-bond acceptors (Lipinski definition) is 7. The summed E-state index contributed by atoms with van der Waals surface area (Å²) >= 11 is 0. The number of likely N-dealkylation sites (tertiary alicyclic amines) is 1. The highest BCUT2D eigenvalue weighted by atomic mass is 16.5. The Labute approximate surface area is 232 Å². The second-order valence-electron chi connectivity index (χ2n) is 11.4. The maximum Gasteiger partial charge on any atom is 0.411 e. The Hall–Kier alpha value is -3.35. The fraction of sp³-hybridized carbons (Fsp3) is 0.607. The summed E-state index contributed by atoms with van der Waals surface area (Å²) in [5, 5.41) is 24.3. The van der Waals surface area contributed by atoms with E-state index in [2.05, 4.69) is 5.43 Å². The molecule has 2 aromatic rings. The van der Waals surface area contributed by atoms with E-state index in [-0.39, 0.29) is 41.6 Å². The molecule has 3 amide bonds. The molecule has 2 fully saturated rings. The van der Waals surface area contributed by atoms with Gasteiger partial charge in [-0.2, -0.15) is 0 Å². The molecule has 3 atom stereocenters. The highest BCUT2D eigenvalue weighted by Crippen LogP contribution is 2.32.